The highest BCUT2D eigenvalue weighted by Crippen LogP contribution is 2.26. The van der Waals surface area contributed by atoms with Crippen LogP contribution in [0.3, 0.4) is 0 Å². The molecule has 0 aliphatic rings. The SMILES string of the molecule is CC(=O)Nc1nc(-c2cccc(NC(=O)C=Cc3ccccc3)c2)cs1. The Morgan fingerprint density at radius 2 is 1.85 bits per heavy atom. The van der Waals surface area contributed by atoms with Crippen LogP contribution in [0.1, 0.15) is 12.5 Å². The van der Waals surface area contributed by atoms with Crippen LogP contribution in [0.25, 0.3) is 17.3 Å². The number of hydrogen-bond donors (Lipinski definition) is 2. The Morgan fingerprint density at radius 3 is 2.62 bits per heavy atom. The number of carbonyl (C=O) groups excluding carboxylic acids is 2. The van der Waals surface area contributed by atoms with Crippen molar-refractivity contribution in [2.45, 2.75) is 6.92 Å². The molecule has 0 aliphatic heterocycles. The normalized spacial score (nSPS) is 10.7. The smallest absolute Gasteiger partial charge is 0.248 e. The molecular formula is C20H17N3O2S. The first-order chi connectivity index (χ1) is 12.6. The Kier molecular flexibility index (Phi) is 5.56. The molecule has 2 aromatic carbocycles. The summed E-state index contributed by atoms with van der Waals surface area (Å²) in [6, 6.07) is 17.1. The number of carbonyl (C=O) groups is 2. The van der Waals surface area contributed by atoms with Crippen LogP contribution < -0.4 is 10.6 Å². The largest absolute Gasteiger partial charge is 0.322 e. The summed E-state index contributed by atoms with van der Waals surface area (Å²) in [6.07, 6.45) is 3.26. The second-order valence-corrected chi connectivity index (χ2v) is 6.39. The molecule has 26 heavy (non-hydrogen) atoms. The van der Waals surface area contributed by atoms with Crippen molar-refractivity contribution in [1.29, 1.82) is 0 Å². The van der Waals surface area contributed by atoms with E-state index in [-0.39, 0.29) is 11.8 Å². The summed E-state index contributed by atoms with van der Waals surface area (Å²) in [5.41, 5.74) is 3.25. The number of benzene rings is 2. The van der Waals surface area contributed by atoms with Gasteiger partial charge in [0.25, 0.3) is 0 Å². The molecule has 0 unspecified atom stereocenters. The summed E-state index contributed by atoms with van der Waals surface area (Å²) in [6.45, 7) is 1.44. The Morgan fingerprint density at radius 1 is 1.04 bits per heavy atom. The maximum absolute atomic E-state index is 12.1. The van der Waals surface area contributed by atoms with E-state index in [0.717, 1.165) is 16.8 Å². The second kappa shape index (κ2) is 8.22. The lowest BCUT2D eigenvalue weighted by molar-refractivity contribution is -0.114. The quantitative estimate of drug-likeness (QED) is 0.659. The molecule has 2 amide bonds. The van der Waals surface area contributed by atoms with Gasteiger partial charge in [0.15, 0.2) is 5.13 Å². The fourth-order valence-corrected chi connectivity index (χ4v) is 3.06. The van der Waals surface area contributed by atoms with E-state index >= 15 is 0 Å². The molecular weight excluding hydrogens is 346 g/mol. The van der Waals surface area contributed by atoms with Crippen LogP contribution in [0.4, 0.5) is 10.8 Å². The van der Waals surface area contributed by atoms with Crippen LogP contribution in [0.5, 0.6) is 0 Å². The molecule has 1 aromatic heterocycles. The summed E-state index contributed by atoms with van der Waals surface area (Å²) in [5, 5.41) is 7.92. The number of rotatable bonds is 5. The van der Waals surface area contributed by atoms with Gasteiger partial charge in [-0.15, -0.1) is 11.3 Å². The van der Waals surface area contributed by atoms with E-state index in [9.17, 15) is 9.59 Å². The minimum Gasteiger partial charge on any atom is -0.322 e. The van der Waals surface area contributed by atoms with Crippen LogP contribution in [0.2, 0.25) is 0 Å². The molecule has 0 saturated heterocycles. The molecule has 3 rings (SSSR count). The predicted octanol–water partition coefficient (Wildman–Crippen LogP) is 4.42. The van der Waals surface area contributed by atoms with Crippen LogP contribution in [0.15, 0.2) is 66.1 Å². The van der Waals surface area contributed by atoms with Crippen molar-refractivity contribution >= 4 is 40.0 Å². The average Bonchev–Trinajstić information content (AvgIpc) is 3.09. The first-order valence-corrected chi connectivity index (χ1v) is 8.86. The first-order valence-electron chi connectivity index (χ1n) is 7.98. The first kappa shape index (κ1) is 17.6. The summed E-state index contributed by atoms with van der Waals surface area (Å²) in [4.78, 5) is 27.6. The lowest BCUT2D eigenvalue weighted by Crippen LogP contribution is -2.07. The zero-order valence-electron chi connectivity index (χ0n) is 14.1. The van der Waals surface area contributed by atoms with E-state index in [4.69, 9.17) is 0 Å². The van der Waals surface area contributed by atoms with Crippen molar-refractivity contribution in [3.05, 3.63) is 71.6 Å². The van der Waals surface area contributed by atoms with E-state index in [0.29, 0.717) is 10.8 Å². The number of anilines is 2. The summed E-state index contributed by atoms with van der Waals surface area (Å²) in [5.74, 6) is -0.361. The molecule has 0 saturated carbocycles. The van der Waals surface area contributed by atoms with Gasteiger partial charge in [-0.1, -0.05) is 42.5 Å². The van der Waals surface area contributed by atoms with E-state index in [1.807, 2.05) is 60.0 Å². The average molecular weight is 363 g/mol. The Hall–Kier alpha value is -3.25. The molecule has 0 spiro atoms. The predicted molar refractivity (Wildman–Crippen MR) is 106 cm³/mol. The fraction of sp³-hybridized carbons (Fsp3) is 0.0500. The van der Waals surface area contributed by atoms with Gasteiger partial charge in [-0.25, -0.2) is 4.98 Å². The molecule has 5 nitrogen and oxygen atoms in total. The number of aromatic nitrogens is 1. The van der Waals surface area contributed by atoms with E-state index in [1.165, 1.54) is 24.3 Å². The fourth-order valence-electron chi connectivity index (χ4n) is 2.29. The van der Waals surface area contributed by atoms with Gasteiger partial charge in [0.1, 0.15) is 0 Å². The zero-order chi connectivity index (χ0) is 18.4. The van der Waals surface area contributed by atoms with Crippen molar-refractivity contribution in [3.8, 4) is 11.3 Å². The standard InChI is InChI=1S/C20H17N3O2S/c1-14(24)21-20-23-18(13-26-20)16-8-5-9-17(12-16)22-19(25)11-10-15-6-3-2-4-7-15/h2-13H,1H3,(H,22,25)(H,21,23,24). The van der Waals surface area contributed by atoms with Crippen LogP contribution in [-0.2, 0) is 9.59 Å². The van der Waals surface area contributed by atoms with Crippen molar-refractivity contribution in [2.75, 3.05) is 10.6 Å². The molecule has 1 heterocycles. The summed E-state index contributed by atoms with van der Waals surface area (Å²) >= 11 is 1.36. The van der Waals surface area contributed by atoms with E-state index < -0.39 is 0 Å². The topological polar surface area (TPSA) is 71.1 Å². The molecule has 0 fully saturated rings. The monoisotopic (exact) mass is 363 g/mol. The van der Waals surface area contributed by atoms with Gasteiger partial charge in [0.05, 0.1) is 5.69 Å². The Labute approximate surface area is 155 Å². The number of amides is 2. The second-order valence-electron chi connectivity index (χ2n) is 5.53. The summed E-state index contributed by atoms with van der Waals surface area (Å²) < 4.78 is 0. The third kappa shape index (κ3) is 4.87. The molecule has 6 heteroatoms. The molecule has 0 radical (unpaired) electrons. The lowest BCUT2D eigenvalue weighted by atomic mass is 10.1. The van der Waals surface area contributed by atoms with Crippen molar-refractivity contribution in [2.24, 2.45) is 0 Å². The van der Waals surface area contributed by atoms with Gasteiger partial charge in [-0.2, -0.15) is 0 Å². The molecule has 130 valence electrons. The van der Waals surface area contributed by atoms with Crippen LogP contribution in [0, 0.1) is 0 Å². The van der Waals surface area contributed by atoms with Gasteiger partial charge < -0.3 is 10.6 Å². The van der Waals surface area contributed by atoms with Crippen molar-refractivity contribution < 1.29 is 9.59 Å². The minimum atomic E-state index is -0.205. The molecule has 3 aromatic rings. The number of nitrogens with one attached hydrogen (secondary N) is 2. The molecule has 0 bridgehead atoms. The van der Waals surface area contributed by atoms with Gasteiger partial charge in [-0.3, -0.25) is 9.59 Å². The van der Waals surface area contributed by atoms with Crippen molar-refractivity contribution in [1.82, 2.24) is 4.98 Å². The Balaban J connectivity index is 1.69. The zero-order valence-corrected chi connectivity index (χ0v) is 14.9. The van der Waals surface area contributed by atoms with Gasteiger partial charge in [0, 0.05) is 29.6 Å². The highest BCUT2D eigenvalue weighted by atomic mass is 32.1. The highest BCUT2D eigenvalue weighted by molar-refractivity contribution is 7.14. The van der Waals surface area contributed by atoms with Gasteiger partial charge in [0.2, 0.25) is 11.8 Å². The maximum Gasteiger partial charge on any atom is 0.248 e. The third-order valence-corrected chi connectivity index (χ3v) is 4.20. The van der Waals surface area contributed by atoms with Gasteiger partial charge in [-0.05, 0) is 23.8 Å². The molecule has 2 N–H and O–H groups in total. The summed E-state index contributed by atoms with van der Waals surface area (Å²) in [7, 11) is 0. The maximum atomic E-state index is 12.1. The number of thiazole rings is 1. The van der Waals surface area contributed by atoms with Gasteiger partial charge >= 0.3 is 0 Å². The molecule has 0 aliphatic carbocycles. The van der Waals surface area contributed by atoms with E-state index in [2.05, 4.69) is 15.6 Å². The van der Waals surface area contributed by atoms with Crippen LogP contribution in [-0.4, -0.2) is 16.8 Å². The number of hydrogen-bond acceptors (Lipinski definition) is 4. The third-order valence-electron chi connectivity index (χ3n) is 3.44. The Bertz CT molecular complexity index is 948. The van der Waals surface area contributed by atoms with E-state index in [1.54, 1.807) is 6.08 Å². The molecule has 0 atom stereocenters. The minimum absolute atomic E-state index is 0.155. The number of nitrogens with zero attached hydrogens (tertiary/aromatic N) is 1. The highest BCUT2D eigenvalue weighted by Gasteiger charge is 2.07. The lowest BCUT2D eigenvalue weighted by Gasteiger charge is -2.04. The van der Waals surface area contributed by atoms with Crippen LogP contribution >= 0.6 is 11.3 Å². The van der Waals surface area contributed by atoms with Crippen molar-refractivity contribution in [3.63, 3.8) is 0 Å².